The Morgan fingerprint density at radius 1 is 0.635 bits per heavy atom. The predicted molar refractivity (Wildman–Crippen MR) is 209 cm³/mol. The van der Waals surface area contributed by atoms with E-state index in [-0.39, 0.29) is 19.4 Å². The third-order valence-corrected chi connectivity index (χ3v) is 9.81. The Morgan fingerprint density at radius 3 is 1.35 bits per heavy atom. The number of nitrogens with zero attached hydrogens (tertiary/aromatic N) is 3. The lowest BCUT2D eigenvalue weighted by molar-refractivity contribution is -0.224. The van der Waals surface area contributed by atoms with Crippen LogP contribution >= 0.6 is 7.82 Å². The highest BCUT2D eigenvalue weighted by Gasteiger charge is 2.30. The van der Waals surface area contributed by atoms with Gasteiger partial charge in [-0.25, -0.2) is 0 Å². The average Bonchev–Trinajstić information content (AvgIpc) is 3.11. The van der Waals surface area contributed by atoms with Crippen LogP contribution in [0, 0.1) is 0 Å². The summed E-state index contributed by atoms with van der Waals surface area (Å²) in [5.41, 5.74) is 8.87. The highest BCUT2D eigenvalue weighted by molar-refractivity contribution is 7.44. The Hall–Kier alpha value is -1.90. The van der Waals surface area contributed by atoms with Gasteiger partial charge in [-0.2, -0.15) is 0 Å². The van der Waals surface area contributed by atoms with Crippen LogP contribution in [0.15, 0.2) is 17.3 Å². The van der Waals surface area contributed by atoms with Crippen molar-refractivity contribution in [2.24, 2.45) is 5.11 Å². The van der Waals surface area contributed by atoms with Gasteiger partial charge in [-0.15, -0.1) is 0 Å². The topological polar surface area (TPSA) is 171 Å². The Labute approximate surface area is 316 Å². The molecule has 0 radical (unpaired) electrons. The maximum absolute atomic E-state index is 12.7. The number of hydrogen-bond acceptors (Lipinski definition) is 8. The molecule has 304 valence electrons. The van der Waals surface area contributed by atoms with E-state index < -0.39 is 38.6 Å². The van der Waals surface area contributed by atoms with Gasteiger partial charge in [0.15, 0.2) is 6.10 Å². The van der Waals surface area contributed by atoms with Crippen LogP contribution < -0.4 is 4.89 Å². The van der Waals surface area contributed by atoms with Crippen LogP contribution in [0.1, 0.15) is 206 Å². The molecule has 0 saturated carbocycles. The second-order valence-electron chi connectivity index (χ2n) is 14.3. The molecule has 0 aromatic carbocycles. The summed E-state index contributed by atoms with van der Waals surface area (Å²) in [6.45, 7) is 3.32. The number of ether oxygens (including phenoxy) is 2. The molecule has 12 heteroatoms. The molecule has 0 aliphatic carbocycles. The van der Waals surface area contributed by atoms with Crippen LogP contribution in [0.2, 0.25) is 0 Å². The van der Waals surface area contributed by atoms with Crippen molar-refractivity contribution in [3.05, 3.63) is 22.6 Å². The highest BCUT2D eigenvalue weighted by atomic mass is 31.2. The Morgan fingerprint density at radius 2 is 0.981 bits per heavy atom. The molecular weight excluding hydrogens is 681 g/mol. The number of phosphoric ester groups is 1. The van der Waals surface area contributed by atoms with E-state index in [9.17, 15) is 19.0 Å². The first-order valence-electron chi connectivity index (χ1n) is 21.0. The summed E-state index contributed by atoms with van der Waals surface area (Å²) in [6.07, 6.45) is 34.8. The van der Waals surface area contributed by atoms with Crippen molar-refractivity contribution in [1.82, 2.24) is 0 Å². The van der Waals surface area contributed by atoms with Gasteiger partial charge in [0.1, 0.15) is 6.10 Å². The number of carbonyl (C=O) groups excluding carboxylic acids is 2. The summed E-state index contributed by atoms with van der Waals surface area (Å²) in [5.74, 6) is -1.19. The monoisotopic (exact) mass is 757 g/mol. The standard InChI is InChI=1S/C40H76N3O8P/c1-3-5-7-9-11-13-15-17-19-21-23-25-27-29-31-33-39(44)50-37(35-42-43-41)38(36-49-52(46,47)48)51-40(45)34-32-30-28-26-24-22-20-18-16-14-12-10-8-6-4-2/h18,20,37-38H,3-17,19,21-36H2,1-2H3,(H2,46,47,48)/p-1/b20-18-/t37-,38-/m0/s1. The zero-order valence-electron chi connectivity index (χ0n) is 33.0. The molecule has 0 fully saturated rings. The third kappa shape index (κ3) is 36.5. The van der Waals surface area contributed by atoms with Crippen LogP contribution in [0.5, 0.6) is 0 Å². The van der Waals surface area contributed by atoms with Crippen molar-refractivity contribution < 1.29 is 37.9 Å². The van der Waals surface area contributed by atoms with Gasteiger partial charge in [0.25, 0.3) is 7.82 Å². The lowest BCUT2D eigenvalue weighted by atomic mass is 10.0. The molecule has 1 N–H and O–H groups in total. The number of allylic oxidation sites excluding steroid dienone is 2. The molecular formula is C40H75N3O8P-. The van der Waals surface area contributed by atoms with Gasteiger partial charge in [-0.3, -0.25) is 14.2 Å². The number of phosphoric acid groups is 1. The van der Waals surface area contributed by atoms with Gasteiger partial charge in [-0.05, 0) is 44.1 Å². The molecule has 1 unspecified atom stereocenters. The molecule has 0 spiro atoms. The van der Waals surface area contributed by atoms with Crippen molar-refractivity contribution in [1.29, 1.82) is 0 Å². The van der Waals surface area contributed by atoms with Crippen molar-refractivity contribution in [2.45, 2.75) is 219 Å². The number of unbranched alkanes of at least 4 members (excludes halogenated alkanes) is 25. The van der Waals surface area contributed by atoms with Gasteiger partial charge < -0.3 is 23.8 Å². The minimum atomic E-state index is -5.15. The van der Waals surface area contributed by atoms with Crippen molar-refractivity contribution in [3.63, 3.8) is 0 Å². The maximum atomic E-state index is 12.7. The number of carbonyl (C=O) groups is 2. The minimum Gasteiger partial charge on any atom is -0.756 e. The van der Waals surface area contributed by atoms with Crippen LogP contribution in [0.3, 0.4) is 0 Å². The van der Waals surface area contributed by atoms with E-state index in [1.54, 1.807) is 0 Å². The second kappa shape index (κ2) is 37.4. The fraction of sp³-hybridized carbons (Fsp3) is 0.900. The molecule has 0 aromatic rings. The number of rotatable bonds is 39. The van der Waals surface area contributed by atoms with Crippen molar-refractivity contribution in [3.8, 4) is 0 Å². The molecule has 3 atom stereocenters. The van der Waals surface area contributed by atoms with E-state index in [2.05, 4.69) is 40.5 Å². The van der Waals surface area contributed by atoms with Crippen LogP contribution in [-0.4, -0.2) is 42.2 Å². The fourth-order valence-electron chi connectivity index (χ4n) is 6.17. The van der Waals surface area contributed by atoms with Crippen LogP contribution in [-0.2, 0) is 28.2 Å². The van der Waals surface area contributed by atoms with Crippen molar-refractivity contribution >= 4 is 19.8 Å². The van der Waals surface area contributed by atoms with E-state index in [0.717, 1.165) is 57.8 Å². The number of esters is 2. The van der Waals surface area contributed by atoms with E-state index in [0.29, 0.717) is 12.8 Å². The van der Waals surface area contributed by atoms with Crippen molar-refractivity contribution in [2.75, 3.05) is 13.2 Å². The Kier molecular flexibility index (Phi) is 36.0. The van der Waals surface area contributed by atoms with E-state index in [4.69, 9.17) is 19.9 Å². The first-order valence-corrected chi connectivity index (χ1v) is 22.5. The molecule has 0 aliphatic rings. The van der Waals surface area contributed by atoms with E-state index in [1.165, 1.54) is 109 Å². The second-order valence-corrected chi connectivity index (χ2v) is 15.5. The van der Waals surface area contributed by atoms with Gasteiger partial charge in [-0.1, -0.05) is 172 Å². The molecule has 0 saturated heterocycles. The van der Waals surface area contributed by atoms with E-state index in [1.807, 2.05) is 0 Å². The zero-order chi connectivity index (χ0) is 38.4. The predicted octanol–water partition coefficient (Wildman–Crippen LogP) is 11.9. The first-order chi connectivity index (χ1) is 25.2. The molecule has 0 bridgehead atoms. The molecule has 52 heavy (non-hydrogen) atoms. The molecule has 11 nitrogen and oxygen atoms in total. The summed E-state index contributed by atoms with van der Waals surface area (Å²) >= 11 is 0. The summed E-state index contributed by atoms with van der Waals surface area (Å²) in [7, 11) is -5.15. The van der Waals surface area contributed by atoms with Gasteiger partial charge in [0.2, 0.25) is 0 Å². The SMILES string of the molecule is CCCCCCCC/C=C\CCCCCCCC(=O)O[C@@H](COP(=O)([O-])O)[C@H](CN=[N+]=[N-])OC(=O)CCCCCCCCCCCCCCCCC. The Balaban J connectivity index is 4.41. The first kappa shape index (κ1) is 50.1. The number of azide groups is 1. The normalized spacial score (nSPS) is 13.8. The molecule has 0 heterocycles. The van der Waals surface area contributed by atoms with Crippen LogP contribution in [0.25, 0.3) is 10.4 Å². The summed E-state index contributed by atoms with van der Waals surface area (Å²) < 4.78 is 26.7. The highest BCUT2D eigenvalue weighted by Crippen LogP contribution is 2.31. The molecule has 0 aliphatic heterocycles. The van der Waals surface area contributed by atoms with Gasteiger partial charge in [0.05, 0.1) is 13.2 Å². The molecule has 0 rings (SSSR count). The smallest absolute Gasteiger partial charge is 0.306 e. The lowest BCUT2D eigenvalue weighted by Gasteiger charge is -2.27. The van der Waals surface area contributed by atoms with E-state index >= 15 is 0 Å². The molecule has 0 amide bonds. The zero-order valence-corrected chi connectivity index (χ0v) is 33.9. The minimum absolute atomic E-state index is 0.0874. The third-order valence-electron chi connectivity index (χ3n) is 9.33. The van der Waals surface area contributed by atoms with Gasteiger partial charge in [0, 0.05) is 17.8 Å². The van der Waals surface area contributed by atoms with Crippen LogP contribution in [0.4, 0.5) is 0 Å². The maximum Gasteiger partial charge on any atom is 0.306 e. The lowest BCUT2D eigenvalue weighted by Crippen LogP contribution is -2.40. The summed E-state index contributed by atoms with van der Waals surface area (Å²) in [4.78, 5) is 48.5. The molecule has 0 aromatic heterocycles. The number of hydrogen-bond donors (Lipinski definition) is 1. The Bertz CT molecular complexity index is 970. The summed E-state index contributed by atoms with van der Waals surface area (Å²) in [5, 5.41) is 3.46. The largest absolute Gasteiger partial charge is 0.756 e. The van der Waals surface area contributed by atoms with Gasteiger partial charge >= 0.3 is 11.9 Å². The quantitative estimate of drug-likeness (QED) is 0.0123. The fourth-order valence-corrected chi connectivity index (χ4v) is 6.50. The average molecular weight is 757 g/mol. The summed E-state index contributed by atoms with van der Waals surface area (Å²) in [6, 6.07) is 0.